The van der Waals surface area contributed by atoms with Crippen LogP contribution in [0.2, 0.25) is 0 Å². The SMILES string of the molecule is Cc1ccc(Oc2ccc(C(=O)c3cccc(C(=O)c4cccc(Oc5ccc(N)cc5)c4)c3)cc2)cc1. The molecule has 0 unspecified atom stereocenters. The number of carbonyl (C=O) groups is 2. The van der Waals surface area contributed by atoms with Gasteiger partial charge in [-0.1, -0.05) is 48.0 Å². The van der Waals surface area contributed by atoms with E-state index in [1.807, 2.05) is 31.2 Å². The predicted molar refractivity (Wildman–Crippen MR) is 148 cm³/mol. The summed E-state index contributed by atoms with van der Waals surface area (Å²) in [6, 6.07) is 35.4. The van der Waals surface area contributed by atoms with E-state index in [0.717, 1.165) is 11.3 Å². The minimum absolute atomic E-state index is 0.179. The van der Waals surface area contributed by atoms with Crippen molar-refractivity contribution in [2.45, 2.75) is 6.92 Å². The van der Waals surface area contributed by atoms with Crippen LogP contribution in [0.25, 0.3) is 0 Å². The molecule has 5 rings (SSSR count). The topological polar surface area (TPSA) is 78.6 Å². The van der Waals surface area contributed by atoms with Crippen LogP contribution in [0.15, 0.2) is 121 Å². The van der Waals surface area contributed by atoms with E-state index in [2.05, 4.69) is 0 Å². The van der Waals surface area contributed by atoms with Gasteiger partial charge in [-0.25, -0.2) is 0 Å². The zero-order chi connectivity index (χ0) is 26.5. The molecule has 5 heteroatoms. The van der Waals surface area contributed by atoms with E-state index >= 15 is 0 Å². The molecule has 0 radical (unpaired) electrons. The number of anilines is 1. The third-order valence-corrected chi connectivity index (χ3v) is 5.97. The van der Waals surface area contributed by atoms with Crippen LogP contribution in [0, 0.1) is 6.92 Å². The van der Waals surface area contributed by atoms with Crippen molar-refractivity contribution in [3.63, 3.8) is 0 Å². The third kappa shape index (κ3) is 5.79. The van der Waals surface area contributed by atoms with Crippen LogP contribution >= 0.6 is 0 Å². The Hall–Kier alpha value is -5.16. The first-order valence-electron chi connectivity index (χ1n) is 12.1. The van der Waals surface area contributed by atoms with Gasteiger partial charge in [0.2, 0.25) is 0 Å². The number of hydrogen-bond acceptors (Lipinski definition) is 5. The molecule has 38 heavy (non-hydrogen) atoms. The Morgan fingerprint density at radius 3 is 1.55 bits per heavy atom. The molecule has 5 aromatic carbocycles. The van der Waals surface area contributed by atoms with Gasteiger partial charge < -0.3 is 15.2 Å². The number of nitrogen functional groups attached to an aromatic ring is 1. The lowest BCUT2D eigenvalue weighted by atomic mass is 9.97. The van der Waals surface area contributed by atoms with Crippen molar-refractivity contribution in [3.05, 3.63) is 149 Å². The molecule has 5 aromatic rings. The van der Waals surface area contributed by atoms with E-state index in [4.69, 9.17) is 15.2 Å². The first-order valence-corrected chi connectivity index (χ1v) is 12.1. The van der Waals surface area contributed by atoms with Crippen molar-refractivity contribution in [1.82, 2.24) is 0 Å². The van der Waals surface area contributed by atoms with Gasteiger partial charge >= 0.3 is 0 Å². The minimum Gasteiger partial charge on any atom is -0.457 e. The molecule has 0 aliphatic heterocycles. The van der Waals surface area contributed by atoms with E-state index in [9.17, 15) is 9.59 Å². The molecule has 0 saturated carbocycles. The van der Waals surface area contributed by atoms with Crippen molar-refractivity contribution in [2.24, 2.45) is 0 Å². The molecule has 0 fully saturated rings. The second-order valence-electron chi connectivity index (χ2n) is 8.88. The third-order valence-electron chi connectivity index (χ3n) is 5.97. The zero-order valence-corrected chi connectivity index (χ0v) is 20.8. The van der Waals surface area contributed by atoms with Gasteiger partial charge in [-0.3, -0.25) is 9.59 Å². The molecular formula is C33H25NO4. The fourth-order valence-corrected chi connectivity index (χ4v) is 3.92. The lowest BCUT2D eigenvalue weighted by Gasteiger charge is -2.09. The number of ketones is 2. The highest BCUT2D eigenvalue weighted by molar-refractivity contribution is 6.13. The van der Waals surface area contributed by atoms with Gasteiger partial charge in [0.25, 0.3) is 0 Å². The summed E-state index contributed by atoms with van der Waals surface area (Å²) in [5, 5.41) is 0. The average Bonchev–Trinajstić information content (AvgIpc) is 2.95. The van der Waals surface area contributed by atoms with Crippen LogP contribution in [0.5, 0.6) is 23.0 Å². The maximum Gasteiger partial charge on any atom is 0.193 e. The van der Waals surface area contributed by atoms with Crippen molar-refractivity contribution in [1.29, 1.82) is 0 Å². The largest absolute Gasteiger partial charge is 0.457 e. The highest BCUT2D eigenvalue weighted by Crippen LogP contribution is 2.26. The van der Waals surface area contributed by atoms with E-state index in [0.29, 0.717) is 45.2 Å². The Kier molecular flexibility index (Phi) is 7.00. The van der Waals surface area contributed by atoms with Crippen LogP contribution in [0.4, 0.5) is 5.69 Å². The molecule has 0 heterocycles. The first-order chi connectivity index (χ1) is 18.4. The highest BCUT2D eigenvalue weighted by Gasteiger charge is 2.15. The van der Waals surface area contributed by atoms with Gasteiger partial charge in [-0.05, 0) is 85.8 Å². The van der Waals surface area contributed by atoms with Gasteiger partial charge in [-0.15, -0.1) is 0 Å². The zero-order valence-electron chi connectivity index (χ0n) is 20.8. The van der Waals surface area contributed by atoms with Crippen LogP contribution in [0.3, 0.4) is 0 Å². The molecule has 0 aliphatic carbocycles. The summed E-state index contributed by atoms with van der Waals surface area (Å²) in [5.74, 6) is 2.12. The van der Waals surface area contributed by atoms with Crippen molar-refractivity contribution in [3.8, 4) is 23.0 Å². The molecule has 0 spiro atoms. The van der Waals surface area contributed by atoms with Crippen LogP contribution in [-0.4, -0.2) is 11.6 Å². The van der Waals surface area contributed by atoms with Crippen molar-refractivity contribution < 1.29 is 19.1 Å². The summed E-state index contributed by atoms with van der Waals surface area (Å²) < 4.78 is 11.7. The second kappa shape index (κ2) is 10.8. The van der Waals surface area contributed by atoms with Gasteiger partial charge in [0, 0.05) is 27.9 Å². The monoisotopic (exact) mass is 499 g/mol. The van der Waals surface area contributed by atoms with Crippen LogP contribution in [-0.2, 0) is 0 Å². The van der Waals surface area contributed by atoms with Gasteiger partial charge in [0.15, 0.2) is 11.6 Å². The lowest BCUT2D eigenvalue weighted by Crippen LogP contribution is -2.06. The maximum absolute atomic E-state index is 13.2. The molecule has 5 nitrogen and oxygen atoms in total. The molecule has 2 N–H and O–H groups in total. The van der Waals surface area contributed by atoms with Crippen molar-refractivity contribution in [2.75, 3.05) is 5.73 Å². The van der Waals surface area contributed by atoms with Gasteiger partial charge in [0.05, 0.1) is 0 Å². The highest BCUT2D eigenvalue weighted by atomic mass is 16.5. The fourth-order valence-electron chi connectivity index (χ4n) is 3.92. The number of aryl methyl sites for hydroxylation is 1. The molecule has 186 valence electrons. The molecule has 0 saturated heterocycles. The van der Waals surface area contributed by atoms with E-state index in [-0.39, 0.29) is 11.6 Å². The normalized spacial score (nSPS) is 10.6. The smallest absolute Gasteiger partial charge is 0.193 e. The van der Waals surface area contributed by atoms with E-state index in [1.165, 1.54) is 0 Å². The number of rotatable bonds is 8. The number of hydrogen-bond donors (Lipinski definition) is 1. The molecular weight excluding hydrogens is 474 g/mol. The van der Waals surface area contributed by atoms with E-state index < -0.39 is 0 Å². The Morgan fingerprint density at radius 2 is 0.947 bits per heavy atom. The summed E-state index contributed by atoms with van der Waals surface area (Å²) >= 11 is 0. The average molecular weight is 500 g/mol. The second-order valence-corrected chi connectivity index (χ2v) is 8.88. The van der Waals surface area contributed by atoms with Gasteiger partial charge in [-0.2, -0.15) is 0 Å². The number of carbonyl (C=O) groups excluding carboxylic acids is 2. The summed E-state index contributed by atoms with van der Waals surface area (Å²) in [4.78, 5) is 26.4. The Morgan fingerprint density at radius 1 is 0.500 bits per heavy atom. The summed E-state index contributed by atoms with van der Waals surface area (Å²) in [6.07, 6.45) is 0. The van der Waals surface area contributed by atoms with Crippen molar-refractivity contribution >= 4 is 17.3 Å². The van der Waals surface area contributed by atoms with Gasteiger partial charge in [0.1, 0.15) is 23.0 Å². The molecule has 0 aromatic heterocycles. The number of nitrogens with two attached hydrogens (primary N) is 1. The first kappa shape index (κ1) is 24.5. The predicted octanol–water partition coefficient (Wildman–Crippen LogP) is 7.62. The molecule has 0 atom stereocenters. The maximum atomic E-state index is 13.2. The molecule has 0 aliphatic rings. The number of ether oxygens (including phenoxy) is 2. The standard InChI is InChI=1S/C33H25NO4/c1-22-8-14-28(15-9-22)37-29-16-10-23(11-17-29)32(35)24-4-2-5-25(20-24)33(36)26-6-3-7-31(21-26)38-30-18-12-27(34)13-19-30/h2-21H,34H2,1H3. The lowest BCUT2D eigenvalue weighted by molar-refractivity contribution is 0.103. The fraction of sp³-hybridized carbons (Fsp3) is 0.0303. The van der Waals surface area contributed by atoms with Crippen LogP contribution in [0.1, 0.15) is 37.4 Å². The Balaban J connectivity index is 1.30. The summed E-state index contributed by atoms with van der Waals surface area (Å²) in [6.45, 7) is 2.02. The number of benzene rings is 5. The van der Waals surface area contributed by atoms with E-state index in [1.54, 1.807) is 97.1 Å². The quantitative estimate of drug-likeness (QED) is 0.175. The molecule has 0 bridgehead atoms. The summed E-state index contributed by atoms with van der Waals surface area (Å²) in [7, 11) is 0. The van der Waals surface area contributed by atoms with Crippen LogP contribution < -0.4 is 15.2 Å². The Bertz CT molecular complexity index is 1590. The minimum atomic E-state index is -0.204. The molecule has 0 amide bonds. The Labute approximate surface area is 221 Å². The summed E-state index contributed by atoms with van der Waals surface area (Å²) in [5.41, 5.74) is 9.33.